The van der Waals surface area contributed by atoms with Crippen molar-refractivity contribution < 1.29 is 14.4 Å². The summed E-state index contributed by atoms with van der Waals surface area (Å²) >= 11 is 0. The molecule has 0 radical (unpaired) electrons. The molecule has 0 saturated heterocycles. The Hall–Kier alpha value is -3.22. The summed E-state index contributed by atoms with van der Waals surface area (Å²) in [6, 6.07) is 9.68. The van der Waals surface area contributed by atoms with E-state index in [1.807, 2.05) is 13.8 Å². The van der Waals surface area contributed by atoms with Crippen LogP contribution in [-0.4, -0.2) is 28.7 Å². The first-order valence-electron chi connectivity index (χ1n) is 7.81. The number of benzene rings is 1. The monoisotopic (exact) mass is 340 g/mol. The van der Waals surface area contributed by atoms with Crippen molar-refractivity contribution >= 4 is 29.1 Å². The van der Waals surface area contributed by atoms with E-state index in [1.165, 1.54) is 19.2 Å². The summed E-state index contributed by atoms with van der Waals surface area (Å²) in [5.74, 6) is -0.852. The molecule has 0 saturated carbocycles. The second-order valence-electron chi connectivity index (χ2n) is 5.77. The van der Waals surface area contributed by atoms with Gasteiger partial charge in [-0.25, -0.2) is 0 Å². The van der Waals surface area contributed by atoms with Crippen LogP contribution >= 0.6 is 0 Å². The number of carbonyl (C=O) groups excluding carboxylic acids is 3. The van der Waals surface area contributed by atoms with Crippen LogP contribution in [0.5, 0.6) is 0 Å². The molecule has 0 bridgehead atoms. The number of amides is 3. The summed E-state index contributed by atoms with van der Waals surface area (Å²) in [5, 5.41) is 8.11. The van der Waals surface area contributed by atoms with Crippen LogP contribution in [0.3, 0.4) is 0 Å². The lowest BCUT2D eigenvalue weighted by atomic mass is 10.2. The fourth-order valence-electron chi connectivity index (χ4n) is 2.08. The van der Waals surface area contributed by atoms with E-state index in [0.717, 1.165) is 0 Å². The summed E-state index contributed by atoms with van der Waals surface area (Å²) < 4.78 is 0. The zero-order chi connectivity index (χ0) is 18.4. The second-order valence-corrected chi connectivity index (χ2v) is 5.77. The predicted octanol–water partition coefficient (Wildman–Crippen LogP) is 2.43. The number of hydrogen-bond acceptors (Lipinski definition) is 4. The molecule has 0 atom stereocenters. The maximum atomic E-state index is 12.3. The van der Waals surface area contributed by atoms with E-state index in [0.29, 0.717) is 16.9 Å². The summed E-state index contributed by atoms with van der Waals surface area (Å²) in [4.78, 5) is 39.3. The van der Waals surface area contributed by atoms with Crippen molar-refractivity contribution in [2.75, 3.05) is 10.6 Å². The molecule has 130 valence electrons. The summed E-state index contributed by atoms with van der Waals surface area (Å²) in [5.41, 5.74) is 1.70. The summed E-state index contributed by atoms with van der Waals surface area (Å²) in [6.45, 7) is 5.14. The lowest BCUT2D eigenvalue weighted by Crippen LogP contribution is -2.30. The minimum atomic E-state index is -0.425. The third-order valence-electron chi connectivity index (χ3n) is 3.14. The Morgan fingerprint density at radius 3 is 2.08 bits per heavy atom. The molecule has 2 aromatic rings. The van der Waals surface area contributed by atoms with Crippen molar-refractivity contribution in [3.8, 4) is 0 Å². The van der Waals surface area contributed by atoms with Crippen molar-refractivity contribution in [1.82, 2.24) is 10.3 Å². The summed E-state index contributed by atoms with van der Waals surface area (Å²) in [6.07, 6.45) is 1.42. The van der Waals surface area contributed by atoms with E-state index in [2.05, 4.69) is 20.9 Å². The van der Waals surface area contributed by atoms with Gasteiger partial charge < -0.3 is 16.0 Å². The highest BCUT2D eigenvalue weighted by Gasteiger charge is 2.12. The zero-order valence-electron chi connectivity index (χ0n) is 14.3. The molecule has 1 heterocycles. The molecule has 1 aromatic heterocycles. The molecule has 0 aliphatic rings. The molecule has 3 amide bonds. The predicted molar refractivity (Wildman–Crippen MR) is 95.5 cm³/mol. The first-order chi connectivity index (χ1) is 11.8. The minimum absolute atomic E-state index is 0.0000632. The Morgan fingerprint density at radius 1 is 0.920 bits per heavy atom. The van der Waals surface area contributed by atoms with Gasteiger partial charge in [-0.15, -0.1) is 0 Å². The fraction of sp³-hybridized carbons (Fsp3) is 0.222. The van der Waals surface area contributed by atoms with Crippen LogP contribution in [-0.2, 0) is 4.79 Å². The highest BCUT2D eigenvalue weighted by atomic mass is 16.2. The number of rotatable bonds is 5. The first kappa shape index (κ1) is 18.1. The Kier molecular flexibility index (Phi) is 5.84. The second kappa shape index (κ2) is 8.05. The van der Waals surface area contributed by atoms with Gasteiger partial charge in [0.1, 0.15) is 5.69 Å². The molecule has 2 rings (SSSR count). The average Bonchev–Trinajstić information content (AvgIpc) is 2.55. The molecule has 0 aliphatic carbocycles. The van der Waals surface area contributed by atoms with E-state index in [4.69, 9.17) is 0 Å². The number of nitrogens with one attached hydrogen (secondary N) is 3. The number of aromatic nitrogens is 1. The van der Waals surface area contributed by atoms with Crippen molar-refractivity contribution in [3.05, 3.63) is 53.9 Å². The van der Waals surface area contributed by atoms with E-state index < -0.39 is 5.91 Å². The fourth-order valence-corrected chi connectivity index (χ4v) is 2.08. The maximum absolute atomic E-state index is 12.3. The molecule has 0 spiro atoms. The minimum Gasteiger partial charge on any atom is -0.350 e. The van der Waals surface area contributed by atoms with E-state index in [-0.39, 0.29) is 23.6 Å². The topological polar surface area (TPSA) is 100 Å². The van der Waals surface area contributed by atoms with Gasteiger partial charge in [0, 0.05) is 36.1 Å². The molecule has 0 fully saturated rings. The van der Waals surface area contributed by atoms with Gasteiger partial charge in [-0.1, -0.05) is 0 Å². The number of carbonyl (C=O) groups is 3. The Balaban J connectivity index is 2.08. The van der Waals surface area contributed by atoms with Gasteiger partial charge in [0.2, 0.25) is 5.91 Å². The van der Waals surface area contributed by atoms with Crippen molar-refractivity contribution in [1.29, 1.82) is 0 Å². The van der Waals surface area contributed by atoms with Crippen molar-refractivity contribution in [3.63, 3.8) is 0 Å². The molecule has 0 aliphatic heterocycles. The largest absolute Gasteiger partial charge is 0.350 e. The standard InChI is InChI=1S/C18H20N4O3/c1-11(2)20-17(24)13-8-9-19-16(10-13)18(25)22-15-6-4-14(5-7-15)21-12(3)23/h4-11H,1-3H3,(H,20,24)(H,21,23)(H,22,25). The Labute approximate surface area is 145 Å². The van der Waals surface area contributed by atoms with Gasteiger partial charge >= 0.3 is 0 Å². The Morgan fingerprint density at radius 2 is 1.52 bits per heavy atom. The average molecular weight is 340 g/mol. The smallest absolute Gasteiger partial charge is 0.274 e. The van der Waals surface area contributed by atoms with E-state index in [9.17, 15) is 14.4 Å². The third kappa shape index (κ3) is 5.42. The van der Waals surface area contributed by atoms with Crippen LogP contribution in [0.2, 0.25) is 0 Å². The number of pyridine rings is 1. The molecule has 0 unspecified atom stereocenters. The zero-order valence-corrected chi connectivity index (χ0v) is 14.3. The highest BCUT2D eigenvalue weighted by Crippen LogP contribution is 2.14. The molecular formula is C18H20N4O3. The van der Waals surface area contributed by atoms with Crippen LogP contribution in [0.15, 0.2) is 42.6 Å². The lowest BCUT2D eigenvalue weighted by molar-refractivity contribution is -0.114. The number of hydrogen-bond donors (Lipinski definition) is 3. The number of anilines is 2. The van der Waals surface area contributed by atoms with Gasteiger partial charge in [0.05, 0.1) is 0 Å². The van der Waals surface area contributed by atoms with Gasteiger partial charge in [0.15, 0.2) is 0 Å². The van der Waals surface area contributed by atoms with Crippen LogP contribution in [0.1, 0.15) is 41.6 Å². The maximum Gasteiger partial charge on any atom is 0.274 e. The Bertz CT molecular complexity index is 785. The van der Waals surface area contributed by atoms with E-state index >= 15 is 0 Å². The quantitative estimate of drug-likeness (QED) is 0.778. The molecule has 7 nitrogen and oxygen atoms in total. The molecule has 25 heavy (non-hydrogen) atoms. The van der Waals surface area contributed by atoms with Crippen LogP contribution in [0, 0.1) is 0 Å². The molecule has 7 heteroatoms. The highest BCUT2D eigenvalue weighted by molar-refractivity contribution is 6.05. The summed E-state index contributed by atoms with van der Waals surface area (Å²) in [7, 11) is 0. The van der Waals surface area contributed by atoms with Crippen molar-refractivity contribution in [2.45, 2.75) is 26.8 Å². The molecule has 3 N–H and O–H groups in total. The lowest BCUT2D eigenvalue weighted by Gasteiger charge is -2.09. The van der Waals surface area contributed by atoms with E-state index in [1.54, 1.807) is 30.3 Å². The van der Waals surface area contributed by atoms with Gasteiger partial charge in [0.25, 0.3) is 11.8 Å². The van der Waals surface area contributed by atoms with Gasteiger partial charge in [-0.05, 0) is 50.2 Å². The van der Waals surface area contributed by atoms with Crippen LogP contribution in [0.4, 0.5) is 11.4 Å². The van der Waals surface area contributed by atoms with Gasteiger partial charge in [-0.2, -0.15) is 0 Å². The molecular weight excluding hydrogens is 320 g/mol. The van der Waals surface area contributed by atoms with Crippen LogP contribution in [0.25, 0.3) is 0 Å². The normalized spacial score (nSPS) is 10.2. The number of nitrogens with zero attached hydrogens (tertiary/aromatic N) is 1. The van der Waals surface area contributed by atoms with Crippen molar-refractivity contribution in [2.24, 2.45) is 0 Å². The van der Waals surface area contributed by atoms with Crippen LogP contribution < -0.4 is 16.0 Å². The first-order valence-corrected chi connectivity index (χ1v) is 7.81. The SMILES string of the molecule is CC(=O)Nc1ccc(NC(=O)c2cc(C(=O)NC(C)C)ccn2)cc1. The van der Waals surface area contributed by atoms with Gasteiger partial charge in [-0.3, -0.25) is 19.4 Å². The third-order valence-corrected chi connectivity index (χ3v) is 3.14. The molecule has 1 aromatic carbocycles.